The van der Waals surface area contributed by atoms with Crippen molar-refractivity contribution in [3.8, 4) is 0 Å². The number of rotatable bonds is 20. The van der Waals surface area contributed by atoms with Crippen LogP contribution in [0.4, 0.5) is 0 Å². The lowest BCUT2D eigenvalue weighted by Gasteiger charge is -2.34. The summed E-state index contributed by atoms with van der Waals surface area (Å²) in [4.78, 5) is 50.3. The van der Waals surface area contributed by atoms with Gasteiger partial charge in [0.2, 0.25) is 0 Å². The van der Waals surface area contributed by atoms with Crippen LogP contribution >= 0.6 is 0 Å². The summed E-state index contributed by atoms with van der Waals surface area (Å²) >= 11 is 0. The number of allylic oxidation sites excluding steroid dienone is 7. The van der Waals surface area contributed by atoms with Crippen LogP contribution in [0, 0.1) is 11.8 Å². The average Bonchev–Trinajstić information content (AvgIpc) is 2.98. The molecular weight excluding hydrogens is 570 g/mol. The predicted octanol–water partition coefficient (Wildman–Crippen LogP) is 6.11. The number of ketones is 3. The molecule has 3 N–H and O–H groups in total. The first-order chi connectivity index (χ1) is 21.1. The molecule has 0 aliphatic carbocycles. The zero-order valence-corrected chi connectivity index (χ0v) is 28.4. The second-order valence-electron chi connectivity index (χ2n) is 12.9. The Hall–Kier alpha value is -2.94. The van der Waals surface area contributed by atoms with E-state index in [0.29, 0.717) is 25.0 Å². The predicted molar refractivity (Wildman–Crippen MR) is 179 cm³/mol. The van der Waals surface area contributed by atoms with Crippen molar-refractivity contribution in [1.29, 1.82) is 0 Å². The molecular formula is C37H57NO7. The first-order valence-electron chi connectivity index (χ1n) is 16.4. The van der Waals surface area contributed by atoms with Crippen LogP contribution < -0.4 is 0 Å². The molecule has 45 heavy (non-hydrogen) atoms. The maximum absolute atomic E-state index is 12.6. The van der Waals surface area contributed by atoms with Gasteiger partial charge in [0.25, 0.3) is 17.5 Å². The maximum atomic E-state index is 12.6. The fourth-order valence-electron chi connectivity index (χ4n) is 5.32. The number of Topliss-reactive ketones (excluding diaryl/α,β-unsaturated/α-hetero) is 3. The summed E-state index contributed by atoms with van der Waals surface area (Å²) in [6.45, 7) is 15.2. The van der Waals surface area contributed by atoms with Gasteiger partial charge in [0.15, 0.2) is 0 Å². The van der Waals surface area contributed by atoms with Crippen molar-refractivity contribution >= 4 is 23.3 Å². The zero-order chi connectivity index (χ0) is 34.2. The number of likely N-dealkylation sites (tertiary alicyclic amines) is 1. The molecule has 0 aromatic heterocycles. The Morgan fingerprint density at radius 1 is 0.978 bits per heavy atom. The second-order valence-corrected chi connectivity index (χ2v) is 12.9. The molecule has 8 nitrogen and oxygen atoms in total. The molecule has 1 saturated heterocycles. The Balaban J connectivity index is 2.37. The summed E-state index contributed by atoms with van der Waals surface area (Å²) in [7, 11) is 0. The topological polar surface area (TPSA) is 132 Å². The summed E-state index contributed by atoms with van der Waals surface area (Å²) in [5.74, 6) is -4.88. The lowest BCUT2D eigenvalue weighted by molar-refractivity contribution is -0.178. The number of amides is 1. The first kappa shape index (κ1) is 40.1. The van der Waals surface area contributed by atoms with Gasteiger partial charge in [0.1, 0.15) is 11.6 Å². The quantitative estimate of drug-likeness (QED) is 0.0488. The molecule has 1 fully saturated rings. The highest BCUT2D eigenvalue weighted by atomic mass is 16.5. The largest absolute Gasteiger partial charge is 0.388 e. The van der Waals surface area contributed by atoms with Crippen LogP contribution in [0.5, 0.6) is 0 Å². The molecule has 0 saturated carbocycles. The average molecular weight is 628 g/mol. The van der Waals surface area contributed by atoms with Gasteiger partial charge in [-0.3, -0.25) is 19.2 Å². The van der Waals surface area contributed by atoms with Gasteiger partial charge in [0.05, 0.1) is 6.10 Å². The van der Waals surface area contributed by atoms with Gasteiger partial charge in [0, 0.05) is 31.3 Å². The van der Waals surface area contributed by atoms with Gasteiger partial charge in [-0.15, -0.1) is 0 Å². The molecule has 252 valence electrons. The zero-order valence-electron chi connectivity index (χ0n) is 28.4. The van der Waals surface area contributed by atoms with Crippen LogP contribution in [-0.2, 0) is 19.2 Å². The molecule has 0 aromatic carbocycles. The highest BCUT2D eigenvalue weighted by molar-refractivity contribution is 6.39. The minimum atomic E-state index is -2.84. The van der Waals surface area contributed by atoms with E-state index in [4.69, 9.17) is 0 Å². The molecule has 0 spiro atoms. The second kappa shape index (κ2) is 20.2. The molecule has 8 heteroatoms. The lowest BCUT2D eigenvalue weighted by Crippen LogP contribution is -2.53. The summed E-state index contributed by atoms with van der Waals surface area (Å²) in [5, 5.41) is 31.1. The number of piperidine rings is 1. The molecule has 0 radical (unpaired) electrons. The number of carbonyl (C=O) groups is 4. The maximum Gasteiger partial charge on any atom is 0.296 e. The molecule has 1 heterocycles. The number of hydrogen-bond acceptors (Lipinski definition) is 7. The van der Waals surface area contributed by atoms with Crippen LogP contribution in [-0.4, -0.2) is 68.0 Å². The van der Waals surface area contributed by atoms with E-state index >= 15 is 0 Å². The number of unbranched alkanes of at least 4 members (excludes halogenated alkanes) is 2. The normalized spacial score (nSPS) is 18.7. The monoisotopic (exact) mass is 627 g/mol. The number of hydrogen-bond donors (Lipinski definition) is 3. The third-order valence-corrected chi connectivity index (χ3v) is 8.57. The summed E-state index contributed by atoms with van der Waals surface area (Å²) in [6.07, 6.45) is 17.9. The van der Waals surface area contributed by atoms with Crippen molar-refractivity contribution in [1.82, 2.24) is 4.90 Å². The Labute approximate surface area is 270 Å². The fraction of sp³-hybridized carbons (Fsp3) is 0.622. The van der Waals surface area contributed by atoms with Gasteiger partial charge in [-0.05, 0) is 96.1 Å². The third-order valence-electron chi connectivity index (χ3n) is 8.57. The van der Waals surface area contributed by atoms with E-state index in [-0.39, 0.29) is 54.3 Å². The Morgan fingerprint density at radius 2 is 1.64 bits per heavy atom. The van der Waals surface area contributed by atoms with Crippen LogP contribution in [0.15, 0.2) is 59.8 Å². The summed E-state index contributed by atoms with van der Waals surface area (Å²) in [5.41, 5.74) is 1.80. The SMILES string of the molecule is C=C(CCCCC/C(C)=C/C=C/C=C/[C@@H](C)CC(C)C(=O)CC(O)/C(C)=C/CC(C)=O)C(O)(O)C(=O)C(=O)N1CCCCC1C. The van der Waals surface area contributed by atoms with E-state index in [0.717, 1.165) is 38.5 Å². The molecule has 4 atom stereocenters. The molecule has 3 unspecified atom stereocenters. The van der Waals surface area contributed by atoms with Crippen molar-refractivity contribution in [2.45, 2.75) is 130 Å². The molecule has 1 rings (SSSR count). The fourth-order valence-corrected chi connectivity index (χ4v) is 5.32. The van der Waals surface area contributed by atoms with Crippen molar-refractivity contribution in [3.05, 3.63) is 59.8 Å². The number of nitrogens with zero attached hydrogens (tertiary/aromatic N) is 1. The minimum absolute atomic E-state index is 0.00917. The van der Waals surface area contributed by atoms with Gasteiger partial charge in [-0.1, -0.05) is 68.9 Å². The highest BCUT2D eigenvalue weighted by Gasteiger charge is 2.43. The molecule has 1 aliphatic rings. The van der Waals surface area contributed by atoms with Crippen molar-refractivity contribution in [2.75, 3.05) is 6.54 Å². The van der Waals surface area contributed by atoms with Crippen molar-refractivity contribution in [3.63, 3.8) is 0 Å². The molecule has 1 amide bonds. The Bertz CT molecular complexity index is 1140. The van der Waals surface area contributed by atoms with Crippen LogP contribution in [0.2, 0.25) is 0 Å². The summed E-state index contributed by atoms with van der Waals surface area (Å²) in [6, 6.07) is -0.0958. The van der Waals surface area contributed by atoms with Crippen LogP contribution in [0.3, 0.4) is 0 Å². The van der Waals surface area contributed by atoms with Crippen molar-refractivity contribution < 1.29 is 34.5 Å². The van der Waals surface area contributed by atoms with E-state index in [1.54, 1.807) is 13.0 Å². The number of aliphatic hydroxyl groups is 3. The Morgan fingerprint density at radius 3 is 2.29 bits per heavy atom. The Kier molecular flexibility index (Phi) is 18.0. The van der Waals surface area contributed by atoms with Gasteiger partial charge in [-0.2, -0.15) is 0 Å². The first-order valence-corrected chi connectivity index (χ1v) is 16.4. The highest BCUT2D eigenvalue weighted by Crippen LogP contribution is 2.24. The van der Waals surface area contributed by atoms with Gasteiger partial charge >= 0.3 is 0 Å². The van der Waals surface area contributed by atoms with Crippen LogP contribution in [0.25, 0.3) is 0 Å². The van der Waals surface area contributed by atoms with Crippen LogP contribution in [0.1, 0.15) is 112 Å². The lowest BCUT2D eigenvalue weighted by atomic mass is 9.90. The van der Waals surface area contributed by atoms with E-state index < -0.39 is 23.6 Å². The molecule has 1 aliphatic heterocycles. The number of aliphatic hydroxyl groups excluding tert-OH is 1. The minimum Gasteiger partial charge on any atom is -0.388 e. The van der Waals surface area contributed by atoms with Gasteiger partial charge < -0.3 is 20.2 Å². The summed E-state index contributed by atoms with van der Waals surface area (Å²) < 4.78 is 0. The molecule has 0 aromatic rings. The van der Waals surface area contributed by atoms with E-state index in [1.807, 2.05) is 45.1 Å². The number of carbonyl (C=O) groups excluding carboxylic acids is 4. The van der Waals surface area contributed by atoms with E-state index in [2.05, 4.69) is 19.6 Å². The van der Waals surface area contributed by atoms with Crippen molar-refractivity contribution in [2.24, 2.45) is 11.8 Å². The smallest absolute Gasteiger partial charge is 0.296 e. The van der Waals surface area contributed by atoms with E-state index in [9.17, 15) is 34.5 Å². The standard InChI is InChI=1S/C37H57NO7/c1-26(16-10-8-12-18-27(2)24-29(4)34(41)25-33(40)28(3)21-22-32(7)39)17-11-9-13-19-30(5)37(44,45)35(42)36(43)38-23-15-14-20-31(38)6/h8,10,12,16,18,21,27,29,31,33,40,44-45H,5,9,11,13-15,17,19-20,22-25H2,1-4,6-7H3/b10-8+,18-12+,26-16+,28-21+/t27-,29?,31?,33?/m1/s1. The van der Waals surface area contributed by atoms with E-state index in [1.165, 1.54) is 17.4 Å². The molecule has 0 bridgehead atoms. The third kappa shape index (κ3) is 14.8. The van der Waals surface area contributed by atoms with Gasteiger partial charge in [-0.25, -0.2) is 0 Å².